The van der Waals surface area contributed by atoms with Gasteiger partial charge in [-0.25, -0.2) is 19.3 Å². The number of aliphatic hydroxyl groups excluding tert-OH is 3. The molecule has 0 spiro atoms. The Balaban J connectivity index is 1.29. The molecule has 1 aliphatic rings. The number of hydrogen-bond acceptors (Lipinski definition) is 23. The van der Waals surface area contributed by atoms with Crippen LogP contribution in [-0.2, 0) is 50.7 Å². The number of imidazole rings is 1. The van der Waals surface area contributed by atoms with Crippen LogP contribution in [0.1, 0.15) is 104 Å². The van der Waals surface area contributed by atoms with Crippen molar-refractivity contribution in [3.8, 4) is 0 Å². The van der Waals surface area contributed by atoms with Gasteiger partial charge in [-0.1, -0.05) is 94.0 Å². The van der Waals surface area contributed by atoms with Crippen molar-refractivity contribution in [3.05, 3.63) is 61.3 Å². The number of thioether (sulfide) groups is 1. The monoisotopic (exact) mass is 1090 g/mol. The number of ether oxygens (including phenoxy) is 1. The molecule has 25 nitrogen and oxygen atoms in total. The lowest BCUT2D eigenvalue weighted by molar-refractivity contribution is -0.347. The maximum Gasteiger partial charge on any atom is 0.274 e. The van der Waals surface area contributed by atoms with E-state index < -0.39 is 90.7 Å². The number of nitrogens with zero attached hydrogens (tertiary/aromatic N) is 4. The fourth-order valence-electron chi connectivity index (χ4n) is 6.66. The number of nitrogen functional groups attached to an aromatic ring is 1. The van der Waals surface area contributed by atoms with Crippen molar-refractivity contribution in [1.82, 2.24) is 30.2 Å². The second-order valence-corrected chi connectivity index (χ2v) is 22.3. The molecule has 8 atom stereocenters. The topological polar surface area (TPSA) is 395 Å². The molecular formula is C43H66N7O18P3S-4. The number of rotatable bonds is 35. The molecule has 1 saturated heterocycles. The van der Waals surface area contributed by atoms with Crippen LogP contribution in [-0.4, -0.2) is 114 Å². The van der Waals surface area contributed by atoms with Gasteiger partial charge in [-0.2, -0.15) is 0 Å². The van der Waals surface area contributed by atoms with E-state index in [1.165, 1.54) is 33.1 Å². The Bertz CT molecular complexity index is 2300. The third kappa shape index (κ3) is 23.8. The zero-order valence-electron chi connectivity index (χ0n) is 40.3. The predicted octanol–water partition coefficient (Wildman–Crippen LogP) is 2.03. The molecule has 406 valence electrons. The van der Waals surface area contributed by atoms with Crippen LogP contribution in [0, 0.1) is 5.41 Å². The van der Waals surface area contributed by atoms with E-state index in [4.69, 9.17) is 10.5 Å². The number of fused-ring (bicyclic) bond motifs is 1. The SMILES string of the molecule is CCCCC/C=C\C/C=C\C/C=C\C/C=C\CCC[C@H](O)CC(=O)SCCNC(=O)CCNC(=O)[C@H](O)C(C)(C)COP(=O)([O-])OP(=O)([O-])OC[C@H]1O[C@@H](n2cnc3c(N)ncnc32)[C@H](O)[C@@H]1OP(=O)([O-])[O-]. The first-order valence-electron chi connectivity index (χ1n) is 23.2. The van der Waals surface area contributed by atoms with E-state index in [1.54, 1.807) is 0 Å². The van der Waals surface area contributed by atoms with Crippen molar-refractivity contribution in [3.63, 3.8) is 0 Å². The average molecular weight is 1090 g/mol. The van der Waals surface area contributed by atoms with Crippen molar-refractivity contribution in [2.45, 2.75) is 135 Å². The van der Waals surface area contributed by atoms with Crippen LogP contribution in [0.4, 0.5) is 5.82 Å². The lowest BCUT2D eigenvalue weighted by Crippen LogP contribution is -2.46. The number of aliphatic hydroxyl groups is 3. The first kappa shape index (κ1) is 62.8. The second kappa shape index (κ2) is 31.4. The molecule has 2 aromatic heterocycles. The van der Waals surface area contributed by atoms with Gasteiger partial charge in [0, 0.05) is 37.1 Å². The molecule has 1 aliphatic heterocycles. The number of nitrogens with two attached hydrogens (primary N) is 1. The zero-order valence-corrected chi connectivity index (χ0v) is 43.8. The van der Waals surface area contributed by atoms with E-state index in [0.717, 1.165) is 67.5 Å². The molecule has 0 aliphatic carbocycles. The molecule has 3 rings (SSSR count). The molecule has 72 heavy (non-hydrogen) atoms. The minimum absolute atomic E-state index is 0.0265. The fraction of sp³-hybridized carbons (Fsp3) is 0.628. The van der Waals surface area contributed by atoms with E-state index in [1.807, 2.05) is 0 Å². The molecule has 1 fully saturated rings. The summed E-state index contributed by atoms with van der Waals surface area (Å²) in [6.45, 7) is 2.15. The fourth-order valence-corrected chi connectivity index (χ4v) is 10.1. The van der Waals surface area contributed by atoms with Gasteiger partial charge in [0.05, 0.1) is 33.5 Å². The van der Waals surface area contributed by atoms with Gasteiger partial charge < -0.3 is 74.1 Å². The molecule has 2 unspecified atom stereocenters. The molecule has 0 aromatic carbocycles. The molecular weight excluding hydrogens is 1030 g/mol. The summed E-state index contributed by atoms with van der Waals surface area (Å²) in [5.74, 6) is -1.37. The first-order valence-corrected chi connectivity index (χ1v) is 28.6. The Morgan fingerprint density at radius 1 is 0.903 bits per heavy atom. The first-order chi connectivity index (χ1) is 33.9. The van der Waals surface area contributed by atoms with E-state index in [2.05, 4.69) is 99.0 Å². The molecule has 0 bridgehead atoms. The molecule has 29 heteroatoms. The standard InChI is InChI=1S/C43H70N7O18P3S/c1-4-5-6-7-8-9-10-11-12-13-14-15-16-17-18-19-20-21-31(51)26-34(53)72-25-24-45-33(52)22-23-46-41(56)38(55)43(2,3)28-65-71(62,63)68-70(60,61)64-27-32-37(67-69(57,58)59)36(54)42(66-32)50-30-49-35-39(44)47-29-48-40(35)50/h8-9,11-12,14-15,17-18,29-32,36-38,42,51,54-55H,4-7,10,13,16,19-28H2,1-3H3,(H,45,52)(H,46,56)(H,60,61)(H,62,63)(H2,44,47,48)(H2,57,58,59)/p-4/b9-8-,12-11-,15-14-,18-17-/t31-,32+,36+,37+,38-,42+/m0/s1. The van der Waals surface area contributed by atoms with Gasteiger partial charge in [0.1, 0.15) is 36.3 Å². The smallest absolute Gasteiger partial charge is 0.274 e. The maximum absolute atomic E-state index is 12.7. The van der Waals surface area contributed by atoms with Gasteiger partial charge in [-0.05, 0) is 51.4 Å². The summed E-state index contributed by atoms with van der Waals surface area (Å²) in [5.41, 5.74) is 4.05. The lowest BCUT2D eigenvalue weighted by atomic mass is 9.87. The van der Waals surface area contributed by atoms with Gasteiger partial charge in [0.15, 0.2) is 22.8 Å². The Labute approximate surface area is 422 Å². The van der Waals surface area contributed by atoms with Crippen LogP contribution in [0.25, 0.3) is 11.2 Å². The van der Waals surface area contributed by atoms with Crippen LogP contribution >= 0.6 is 35.2 Å². The highest BCUT2D eigenvalue weighted by Gasteiger charge is 2.47. The number of allylic oxidation sites excluding steroid dienone is 8. The van der Waals surface area contributed by atoms with Crippen molar-refractivity contribution in [1.29, 1.82) is 0 Å². The third-order valence-corrected chi connectivity index (χ3v) is 14.4. The van der Waals surface area contributed by atoms with Gasteiger partial charge >= 0.3 is 0 Å². The van der Waals surface area contributed by atoms with Gasteiger partial charge in [0.2, 0.25) is 11.8 Å². The highest BCUT2D eigenvalue weighted by atomic mass is 32.2. The largest absolute Gasteiger partial charge is 0.790 e. The Kier molecular flexibility index (Phi) is 27.4. The summed E-state index contributed by atoms with van der Waals surface area (Å²) in [6.07, 6.45) is 18.1. The summed E-state index contributed by atoms with van der Waals surface area (Å²) in [6, 6.07) is 0. The number of anilines is 1. The lowest BCUT2D eigenvalue weighted by Gasteiger charge is -2.36. The number of carbonyl (C=O) groups excluding carboxylic acids is 3. The van der Waals surface area contributed by atoms with Crippen LogP contribution in [0.2, 0.25) is 0 Å². The molecule has 3 heterocycles. The number of nitrogens with one attached hydrogen (secondary N) is 2. The van der Waals surface area contributed by atoms with Gasteiger partial charge in [-0.3, -0.25) is 28.1 Å². The summed E-state index contributed by atoms with van der Waals surface area (Å²) in [4.78, 5) is 97.0. The molecule has 2 aromatic rings. The van der Waals surface area contributed by atoms with E-state index in [0.29, 0.717) is 6.42 Å². The molecule has 0 radical (unpaired) electrons. The number of aromatic nitrogens is 4. The normalized spacial score (nSPS) is 20.4. The summed E-state index contributed by atoms with van der Waals surface area (Å²) in [5, 5.41) is 36.4. The maximum atomic E-state index is 12.7. The van der Waals surface area contributed by atoms with E-state index in [9.17, 15) is 63.0 Å². The van der Waals surface area contributed by atoms with Crippen molar-refractivity contribution >= 4 is 69.1 Å². The second-order valence-electron chi connectivity index (χ2n) is 17.1. The van der Waals surface area contributed by atoms with Crippen LogP contribution in [0.15, 0.2) is 61.3 Å². The van der Waals surface area contributed by atoms with Crippen LogP contribution in [0.3, 0.4) is 0 Å². The van der Waals surface area contributed by atoms with E-state index >= 15 is 0 Å². The van der Waals surface area contributed by atoms with Crippen molar-refractivity contribution < 1.29 is 85.6 Å². The van der Waals surface area contributed by atoms with Crippen molar-refractivity contribution in [2.75, 3.05) is 37.8 Å². The predicted molar refractivity (Wildman–Crippen MR) is 257 cm³/mol. The van der Waals surface area contributed by atoms with Crippen LogP contribution < -0.4 is 35.9 Å². The number of phosphoric ester groups is 3. The van der Waals surface area contributed by atoms with E-state index in [-0.39, 0.29) is 53.8 Å². The van der Waals surface area contributed by atoms with Crippen LogP contribution in [0.5, 0.6) is 0 Å². The number of carbonyl (C=O) groups is 3. The Hall–Kier alpha value is -3.52. The van der Waals surface area contributed by atoms with Crippen molar-refractivity contribution in [2.24, 2.45) is 5.41 Å². The van der Waals surface area contributed by atoms with Gasteiger partial charge in [-0.15, -0.1) is 0 Å². The molecule has 7 N–H and O–H groups in total. The number of amides is 2. The summed E-state index contributed by atoms with van der Waals surface area (Å²) in [7, 11) is -17.7. The highest BCUT2D eigenvalue weighted by molar-refractivity contribution is 8.13. The van der Waals surface area contributed by atoms with Gasteiger partial charge in [0.25, 0.3) is 15.6 Å². The Morgan fingerprint density at radius 3 is 2.17 bits per heavy atom. The number of unbranched alkanes of at least 4 members (excludes halogenated alkanes) is 4. The number of hydrogen-bond donors (Lipinski definition) is 6. The summed E-state index contributed by atoms with van der Waals surface area (Å²) >= 11 is 0.963. The zero-order chi connectivity index (χ0) is 53.4. The summed E-state index contributed by atoms with van der Waals surface area (Å²) < 4.78 is 60.8. The highest BCUT2D eigenvalue weighted by Crippen LogP contribution is 2.56. The minimum Gasteiger partial charge on any atom is -0.790 e. The Morgan fingerprint density at radius 2 is 1.53 bits per heavy atom. The average Bonchev–Trinajstić information content (AvgIpc) is 3.86. The molecule has 0 saturated carbocycles. The third-order valence-electron chi connectivity index (χ3n) is 10.5. The minimum atomic E-state index is -5.94. The molecule has 2 amide bonds. The number of phosphoric acid groups is 3. The quantitative estimate of drug-likeness (QED) is 0.0327.